The number of carbonyl (C=O) groups is 4. The van der Waals surface area contributed by atoms with Crippen molar-refractivity contribution in [3.05, 3.63) is 78.1 Å². The summed E-state index contributed by atoms with van der Waals surface area (Å²) in [6.45, 7) is 16.2. The second kappa shape index (κ2) is 16.0. The topological polar surface area (TPSA) is 164 Å². The molecule has 0 spiro atoms. The number of nitrogen functional groups attached to an aromatic ring is 1. The van der Waals surface area contributed by atoms with E-state index in [1.807, 2.05) is 25.7 Å². The van der Waals surface area contributed by atoms with E-state index in [9.17, 15) is 28.7 Å². The number of anilines is 3. The van der Waals surface area contributed by atoms with Gasteiger partial charge in [-0.15, -0.1) is 0 Å². The summed E-state index contributed by atoms with van der Waals surface area (Å²) in [5.41, 5.74) is 6.78. The molecule has 0 bridgehead atoms. The number of piperazine rings is 1. The van der Waals surface area contributed by atoms with Crippen molar-refractivity contribution < 1.29 is 38.1 Å². The molecule has 0 unspecified atom stereocenters. The van der Waals surface area contributed by atoms with E-state index in [2.05, 4.69) is 10.6 Å². The maximum absolute atomic E-state index is 13.3. The number of benzene rings is 3. The van der Waals surface area contributed by atoms with Crippen LogP contribution >= 0.6 is 0 Å². The van der Waals surface area contributed by atoms with Gasteiger partial charge in [0, 0.05) is 37.4 Å². The van der Waals surface area contributed by atoms with Gasteiger partial charge in [0.15, 0.2) is 0 Å². The monoisotopic (exact) mass is 693 g/mol. The molecular weight excluding hydrogens is 645 g/mol. The molecule has 270 valence electrons. The molecule has 12 nitrogen and oxygen atoms in total. The molecule has 0 atom stereocenters. The molecule has 0 saturated carbocycles. The summed E-state index contributed by atoms with van der Waals surface area (Å²) in [5, 5.41) is 14.7. The van der Waals surface area contributed by atoms with E-state index in [0.717, 1.165) is 11.1 Å². The standard InChI is InChI=1S/C24H24FN3O3.C13H24N2O4/c1-24(2,3)31-23(30)28-20-13-8-17(15-4-9-18(25)10-5-15)14-21(20)27-22(29)16-6-11-19(26)12-7-16;1-12(2,3)19-11(18)14-6-8-15(9-7-14)13(4,5)10(16)17/h4-14H,26H2,1-3H3,(H,27,29)(H,28,30);6-9H2,1-5H3,(H,16,17). The second-order valence-electron chi connectivity index (χ2n) is 14.3. The molecule has 1 aliphatic heterocycles. The Morgan fingerprint density at radius 2 is 1.26 bits per heavy atom. The smallest absolute Gasteiger partial charge is 0.412 e. The van der Waals surface area contributed by atoms with Gasteiger partial charge in [-0.1, -0.05) is 18.2 Å². The first-order chi connectivity index (χ1) is 23.1. The summed E-state index contributed by atoms with van der Waals surface area (Å²) >= 11 is 0. The normalized spacial score (nSPS) is 13.7. The number of ether oxygens (including phenoxy) is 2. The van der Waals surface area contributed by atoms with Crippen LogP contribution in [0, 0.1) is 5.82 Å². The molecule has 5 N–H and O–H groups in total. The van der Waals surface area contributed by atoms with Crippen LogP contribution in [0.1, 0.15) is 65.7 Å². The average molecular weight is 694 g/mol. The highest BCUT2D eigenvalue weighted by molar-refractivity contribution is 6.07. The third-order valence-corrected chi connectivity index (χ3v) is 7.50. The maximum Gasteiger partial charge on any atom is 0.412 e. The van der Waals surface area contributed by atoms with Gasteiger partial charge in [0.05, 0.1) is 11.4 Å². The van der Waals surface area contributed by atoms with E-state index in [-0.39, 0.29) is 17.8 Å². The molecule has 4 rings (SSSR count). The first kappa shape index (κ1) is 39.3. The number of amides is 3. The van der Waals surface area contributed by atoms with Crippen molar-refractivity contribution in [2.24, 2.45) is 0 Å². The zero-order chi connectivity index (χ0) is 37.4. The Hall–Kier alpha value is -5.17. The Labute approximate surface area is 292 Å². The van der Waals surface area contributed by atoms with Gasteiger partial charge in [-0.05, 0) is 115 Å². The van der Waals surface area contributed by atoms with E-state index in [4.69, 9.17) is 15.2 Å². The van der Waals surface area contributed by atoms with Crippen LogP contribution in [0.15, 0.2) is 66.7 Å². The van der Waals surface area contributed by atoms with Gasteiger partial charge in [-0.25, -0.2) is 14.0 Å². The highest BCUT2D eigenvalue weighted by atomic mass is 19.1. The summed E-state index contributed by atoms with van der Waals surface area (Å²) in [6, 6.07) is 17.6. The van der Waals surface area contributed by atoms with Crippen molar-refractivity contribution in [3.8, 4) is 11.1 Å². The minimum absolute atomic E-state index is 0.333. The number of nitrogens with one attached hydrogen (secondary N) is 2. The number of carbonyl (C=O) groups excluding carboxylic acids is 3. The van der Waals surface area contributed by atoms with Gasteiger partial charge in [0.25, 0.3) is 5.91 Å². The molecule has 0 aromatic heterocycles. The summed E-state index contributed by atoms with van der Waals surface area (Å²) in [7, 11) is 0. The molecule has 1 saturated heterocycles. The highest BCUT2D eigenvalue weighted by Crippen LogP contribution is 2.30. The number of aliphatic carboxylic acids is 1. The molecule has 3 aromatic carbocycles. The largest absolute Gasteiger partial charge is 0.480 e. The van der Waals surface area contributed by atoms with Crippen LogP contribution in [0.25, 0.3) is 11.1 Å². The fourth-order valence-electron chi connectivity index (χ4n) is 4.73. The Bertz CT molecular complexity index is 1660. The van der Waals surface area contributed by atoms with Crippen molar-refractivity contribution in [2.75, 3.05) is 42.5 Å². The first-order valence-corrected chi connectivity index (χ1v) is 16.2. The number of carboxylic acid groups (broad SMARTS) is 1. The zero-order valence-electron chi connectivity index (χ0n) is 29.9. The van der Waals surface area contributed by atoms with Crippen LogP contribution in [-0.2, 0) is 14.3 Å². The molecule has 1 aliphatic rings. The van der Waals surface area contributed by atoms with E-state index < -0.39 is 28.8 Å². The Morgan fingerprint density at radius 3 is 1.78 bits per heavy atom. The van der Waals surface area contributed by atoms with Gasteiger partial charge in [-0.2, -0.15) is 0 Å². The molecule has 1 heterocycles. The lowest BCUT2D eigenvalue weighted by Crippen LogP contribution is -2.59. The predicted molar refractivity (Wildman–Crippen MR) is 192 cm³/mol. The number of hydrogen-bond donors (Lipinski definition) is 4. The van der Waals surface area contributed by atoms with Crippen LogP contribution < -0.4 is 16.4 Å². The zero-order valence-corrected chi connectivity index (χ0v) is 29.9. The number of rotatable bonds is 6. The van der Waals surface area contributed by atoms with Crippen LogP contribution in [0.4, 0.5) is 31.0 Å². The second-order valence-corrected chi connectivity index (χ2v) is 14.3. The quantitative estimate of drug-likeness (QED) is 0.198. The van der Waals surface area contributed by atoms with Gasteiger partial charge in [-0.3, -0.25) is 19.8 Å². The van der Waals surface area contributed by atoms with Crippen molar-refractivity contribution in [3.63, 3.8) is 0 Å². The van der Waals surface area contributed by atoms with Gasteiger partial charge in [0.2, 0.25) is 0 Å². The predicted octanol–water partition coefficient (Wildman–Crippen LogP) is 7.08. The molecule has 3 aromatic rings. The summed E-state index contributed by atoms with van der Waals surface area (Å²) < 4.78 is 23.9. The van der Waals surface area contributed by atoms with Crippen molar-refractivity contribution in [1.29, 1.82) is 0 Å². The summed E-state index contributed by atoms with van der Waals surface area (Å²) in [4.78, 5) is 51.5. The van der Waals surface area contributed by atoms with Crippen LogP contribution in [0.3, 0.4) is 0 Å². The lowest BCUT2D eigenvalue weighted by Gasteiger charge is -2.41. The molecule has 3 amide bonds. The minimum atomic E-state index is -0.903. The fraction of sp³-hybridized carbons (Fsp3) is 0.405. The van der Waals surface area contributed by atoms with Crippen molar-refractivity contribution in [1.82, 2.24) is 9.80 Å². The van der Waals surface area contributed by atoms with E-state index in [1.54, 1.807) is 94.1 Å². The summed E-state index contributed by atoms with van der Waals surface area (Å²) in [6.07, 6.45) is -0.981. The SMILES string of the molecule is CC(C)(C)OC(=O)N1CCN(C(C)(C)C(=O)O)CC1.CC(C)(C)OC(=O)Nc1ccc(-c2ccc(F)cc2)cc1NC(=O)c1ccc(N)cc1. The fourth-order valence-corrected chi connectivity index (χ4v) is 4.73. The van der Waals surface area contributed by atoms with Crippen LogP contribution in [0.5, 0.6) is 0 Å². The van der Waals surface area contributed by atoms with Crippen molar-refractivity contribution >= 4 is 41.1 Å². The number of carboxylic acids is 1. The number of halogens is 1. The first-order valence-electron chi connectivity index (χ1n) is 16.2. The molecule has 13 heteroatoms. The highest BCUT2D eigenvalue weighted by Gasteiger charge is 2.37. The Kier molecular flexibility index (Phi) is 12.6. The van der Waals surface area contributed by atoms with Crippen LogP contribution in [-0.4, -0.2) is 81.9 Å². The molecule has 0 aliphatic carbocycles. The molecular formula is C37H48FN5O7. The number of nitrogens with zero attached hydrogens (tertiary/aromatic N) is 2. The maximum atomic E-state index is 13.3. The van der Waals surface area contributed by atoms with E-state index >= 15 is 0 Å². The van der Waals surface area contributed by atoms with E-state index in [1.165, 1.54) is 12.1 Å². The third kappa shape index (κ3) is 11.8. The van der Waals surface area contributed by atoms with Gasteiger partial charge >= 0.3 is 18.2 Å². The van der Waals surface area contributed by atoms with Crippen LogP contribution in [0.2, 0.25) is 0 Å². The third-order valence-electron chi connectivity index (χ3n) is 7.50. The lowest BCUT2D eigenvalue weighted by molar-refractivity contribution is -0.150. The van der Waals surface area contributed by atoms with Crippen molar-refractivity contribution in [2.45, 2.75) is 72.1 Å². The molecule has 0 radical (unpaired) electrons. The Balaban J connectivity index is 0.000000305. The number of nitrogens with two attached hydrogens (primary N) is 1. The molecule has 1 fully saturated rings. The molecule has 50 heavy (non-hydrogen) atoms. The van der Waals surface area contributed by atoms with E-state index in [0.29, 0.717) is 48.8 Å². The summed E-state index contributed by atoms with van der Waals surface area (Å²) in [5.74, 6) is -1.56. The minimum Gasteiger partial charge on any atom is -0.480 e. The lowest BCUT2D eigenvalue weighted by atomic mass is 10.0. The average Bonchev–Trinajstić information content (AvgIpc) is 3.01. The number of hydrogen-bond acceptors (Lipinski definition) is 8. The Morgan fingerprint density at radius 1 is 0.720 bits per heavy atom. The van der Waals surface area contributed by atoms with Gasteiger partial charge < -0.3 is 30.5 Å². The van der Waals surface area contributed by atoms with Gasteiger partial charge in [0.1, 0.15) is 22.6 Å².